The lowest BCUT2D eigenvalue weighted by molar-refractivity contribution is -0.139. The zero-order valence-electron chi connectivity index (χ0n) is 25.7. The Labute approximate surface area is 263 Å². The van der Waals surface area contributed by atoms with Gasteiger partial charge in [0.15, 0.2) is 16.3 Å². The van der Waals surface area contributed by atoms with Gasteiger partial charge < -0.3 is 23.4 Å². The van der Waals surface area contributed by atoms with Crippen LogP contribution in [0.5, 0.6) is 11.5 Å². The molecule has 0 bridgehead atoms. The summed E-state index contributed by atoms with van der Waals surface area (Å²) in [6, 6.07) is 15.0. The molecule has 0 saturated carbocycles. The molecule has 45 heavy (non-hydrogen) atoms. The molecule has 3 heterocycles. The first-order valence-corrected chi connectivity index (χ1v) is 15.6. The lowest BCUT2D eigenvalue weighted by atomic mass is 9.95. The van der Waals surface area contributed by atoms with Gasteiger partial charge in [-0.05, 0) is 76.6 Å². The van der Waals surface area contributed by atoms with Gasteiger partial charge in [0, 0.05) is 11.6 Å². The summed E-state index contributed by atoms with van der Waals surface area (Å²) in [5.41, 5.74) is 2.26. The van der Waals surface area contributed by atoms with Crippen LogP contribution in [0.1, 0.15) is 62.3 Å². The Hall–Kier alpha value is -4.90. The van der Waals surface area contributed by atoms with E-state index in [9.17, 15) is 14.4 Å². The quantitative estimate of drug-likeness (QED) is 0.212. The number of aromatic nitrogens is 1. The summed E-state index contributed by atoms with van der Waals surface area (Å²) < 4.78 is 30.0. The fraction of sp³-hybridized carbons (Fsp3) is 0.294. The molecule has 234 valence electrons. The SMILES string of the molecule is CCOC(=O)C1=C(C)N=c2s/c(=C\c3ccc(-c4ccc(C(=O)OCC)cc4)o3)c(=O)n2[C@H]1c1ccc(OCC)c(OCC)c1. The van der Waals surface area contributed by atoms with Crippen LogP contribution in [-0.4, -0.2) is 42.9 Å². The fourth-order valence-electron chi connectivity index (χ4n) is 5.04. The predicted molar refractivity (Wildman–Crippen MR) is 169 cm³/mol. The summed E-state index contributed by atoms with van der Waals surface area (Å²) in [7, 11) is 0. The molecule has 10 nitrogen and oxygen atoms in total. The highest BCUT2D eigenvalue weighted by Crippen LogP contribution is 2.36. The Morgan fingerprint density at radius 3 is 2.27 bits per heavy atom. The molecule has 5 rings (SSSR count). The van der Waals surface area contributed by atoms with Crippen molar-refractivity contribution in [2.45, 2.75) is 40.7 Å². The molecule has 0 amide bonds. The first-order valence-electron chi connectivity index (χ1n) is 14.8. The number of benzene rings is 2. The largest absolute Gasteiger partial charge is 0.490 e. The van der Waals surface area contributed by atoms with Gasteiger partial charge >= 0.3 is 11.9 Å². The zero-order valence-corrected chi connectivity index (χ0v) is 26.6. The van der Waals surface area contributed by atoms with Gasteiger partial charge in [-0.2, -0.15) is 0 Å². The second kappa shape index (κ2) is 13.8. The van der Waals surface area contributed by atoms with Gasteiger partial charge in [0.25, 0.3) is 5.56 Å². The van der Waals surface area contributed by atoms with Gasteiger partial charge in [0.2, 0.25) is 0 Å². The molecule has 0 unspecified atom stereocenters. The highest BCUT2D eigenvalue weighted by atomic mass is 32.1. The van der Waals surface area contributed by atoms with Crippen LogP contribution in [0, 0.1) is 0 Å². The molecule has 4 aromatic rings. The Bertz CT molecular complexity index is 1930. The van der Waals surface area contributed by atoms with Crippen molar-refractivity contribution < 1.29 is 33.0 Å². The summed E-state index contributed by atoms with van der Waals surface area (Å²) >= 11 is 1.20. The van der Waals surface area contributed by atoms with E-state index < -0.39 is 18.0 Å². The van der Waals surface area contributed by atoms with Gasteiger partial charge in [-0.25, -0.2) is 14.6 Å². The molecule has 2 aromatic carbocycles. The lowest BCUT2D eigenvalue weighted by Gasteiger charge is -2.25. The molecule has 0 radical (unpaired) electrons. The topological polar surface area (TPSA) is 119 Å². The number of thiazole rings is 1. The number of carbonyl (C=O) groups excluding carboxylic acids is 2. The van der Waals surface area contributed by atoms with Crippen molar-refractivity contribution >= 4 is 29.4 Å². The average molecular weight is 631 g/mol. The van der Waals surface area contributed by atoms with E-state index in [1.807, 2.05) is 19.9 Å². The first kappa shape index (κ1) is 31.5. The third kappa shape index (κ3) is 6.48. The molecule has 1 aliphatic heterocycles. The van der Waals surface area contributed by atoms with Crippen LogP contribution in [0.4, 0.5) is 0 Å². The maximum atomic E-state index is 14.0. The number of esters is 2. The maximum absolute atomic E-state index is 14.0. The normalized spacial score (nSPS) is 14.5. The Balaban J connectivity index is 1.57. The van der Waals surface area contributed by atoms with Crippen molar-refractivity contribution in [2.24, 2.45) is 4.99 Å². The second-order valence-electron chi connectivity index (χ2n) is 9.87. The number of rotatable bonds is 11. The highest BCUT2D eigenvalue weighted by molar-refractivity contribution is 7.07. The van der Waals surface area contributed by atoms with Crippen molar-refractivity contribution in [2.75, 3.05) is 26.4 Å². The van der Waals surface area contributed by atoms with Crippen molar-refractivity contribution in [1.29, 1.82) is 0 Å². The number of ether oxygens (including phenoxy) is 4. The van der Waals surface area contributed by atoms with E-state index in [4.69, 9.17) is 23.4 Å². The molecule has 1 aliphatic rings. The van der Waals surface area contributed by atoms with Crippen molar-refractivity contribution in [3.05, 3.63) is 102 Å². The van der Waals surface area contributed by atoms with Crippen LogP contribution in [0.3, 0.4) is 0 Å². The van der Waals surface area contributed by atoms with Crippen LogP contribution in [-0.2, 0) is 14.3 Å². The minimum atomic E-state index is -0.803. The van der Waals surface area contributed by atoms with Crippen LogP contribution in [0.15, 0.2) is 80.1 Å². The summed E-state index contributed by atoms with van der Waals surface area (Å²) in [5.74, 6) is 1.17. The Morgan fingerprint density at radius 2 is 1.58 bits per heavy atom. The van der Waals surface area contributed by atoms with E-state index in [0.29, 0.717) is 69.0 Å². The van der Waals surface area contributed by atoms with Gasteiger partial charge in [-0.1, -0.05) is 29.5 Å². The summed E-state index contributed by atoms with van der Waals surface area (Å²) in [5, 5.41) is 0. The zero-order chi connectivity index (χ0) is 32.1. The number of hydrogen-bond acceptors (Lipinski definition) is 10. The van der Waals surface area contributed by atoms with Gasteiger partial charge in [0.1, 0.15) is 11.5 Å². The molecule has 0 aliphatic carbocycles. The summed E-state index contributed by atoms with van der Waals surface area (Å²) in [6.45, 7) is 10.3. The molecular weight excluding hydrogens is 596 g/mol. The van der Waals surface area contributed by atoms with Gasteiger partial charge in [-0.3, -0.25) is 9.36 Å². The molecule has 2 aromatic heterocycles. The Kier molecular flexibility index (Phi) is 9.68. The van der Waals surface area contributed by atoms with E-state index in [1.165, 1.54) is 15.9 Å². The fourth-order valence-corrected chi connectivity index (χ4v) is 6.07. The number of nitrogens with zero attached hydrogens (tertiary/aromatic N) is 2. The monoisotopic (exact) mass is 630 g/mol. The van der Waals surface area contributed by atoms with E-state index in [0.717, 1.165) is 5.56 Å². The molecule has 0 N–H and O–H groups in total. The maximum Gasteiger partial charge on any atom is 0.338 e. The third-order valence-corrected chi connectivity index (χ3v) is 7.96. The first-order chi connectivity index (χ1) is 21.8. The molecule has 1 atom stereocenters. The summed E-state index contributed by atoms with van der Waals surface area (Å²) in [4.78, 5) is 44.4. The minimum absolute atomic E-state index is 0.173. The molecular formula is C34H34N2O8S. The van der Waals surface area contributed by atoms with E-state index >= 15 is 0 Å². The van der Waals surface area contributed by atoms with Gasteiger partial charge in [0.05, 0.1) is 53.8 Å². The van der Waals surface area contributed by atoms with Crippen LogP contribution >= 0.6 is 11.3 Å². The minimum Gasteiger partial charge on any atom is -0.490 e. The lowest BCUT2D eigenvalue weighted by Crippen LogP contribution is -2.40. The van der Waals surface area contributed by atoms with E-state index in [-0.39, 0.29) is 17.7 Å². The van der Waals surface area contributed by atoms with E-state index in [2.05, 4.69) is 4.99 Å². The summed E-state index contributed by atoms with van der Waals surface area (Å²) in [6.07, 6.45) is 1.66. The van der Waals surface area contributed by atoms with Gasteiger partial charge in [-0.15, -0.1) is 0 Å². The van der Waals surface area contributed by atoms with Crippen molar-refractivity contribution in [3.63, 3.8) is 0 Å². The number of fused-ring (bicyclic) bond motifs is 1. The second-order valence-corrected chi connectivity index (χ2v) is 10.9. The number of hydrogen-bond donors (Lipinski definition) is 0. The van der Waals surface area contributed by atoms with E-state index in [1.54, 1.807) is 75.4 Å². The van der Waals surface area contributed by atoms with Crippen LogP contribution in [0.25, 0.3) is 17.4 Å². The number of allylic oxidation sites excluding steroid dienone is 1. The standard InChI is InChI=1S/C34H34N2O8S/c1-6-40-26-16-14-23(18-27(26)41-7-2)30-29(33(39)43-9-4)20(5)35-34-36(30)31(37)28(45-34)19-24-15-17-25(44-24)21-10-12-22(13-11-21)32(38)42-8-3/h10-19,30H,6-9H2,1-5H3/b28-19-/t30-/m0/s1. The smallest absolute Gasteiger partial charge is 0.338 e. The van der Waals surface area contributed by atoms with Crippen LogP contribution in [0.2, 0.25) is 0 Å². The molecule has 11 heteroatoms. The Morgan fingerprint density at radius 1 is 0.889 bits per heavy atom. The third-order valence-electron chi connectivity index (χ3n) is 6.98. The van der Waals surface area contributed by atoms with Crippen molar-refractivity contribution in [3.8, 4) is 22.8 Å². The van der Waals surface area contributed by atoms with Crippen molar-refractivity contribution in [1.82, 2.24) is 4.57 Å². The number of carbonyl (C=O) groups is 2. The number of furan rings is 1. The van der Waals surface area contributed by atoms with Crippen LogP contribution < -0.4 is 24.4 Å². The molecule has 0 spiro atoms. The molecule has 0 fully saturated rings. The predicted octanol–water partition coefficient (Wildman–Crippen LogP) is 5.03. The average Bonchev–Trinajstić information content (AvgIpc) is 3.62. The highest BCUT2D eigenvalue weighted by Gasteiger charge is 2.34. The molecule has 0 saturated heterocycles.